The molecule has 1 amide bonds. The average molecular weight is 270 g/mol. The summed E-state index contributed by atoms with van der Waals surface area (Å²) in [6, 6.07) is 0.281. The van der Waals surface area contributed by atoms with E-state index in [-0.39, 0.29) is 11.9 Å². The van der Waals surface area contributed by atoms with Crippen LogP contribution in [0.3, 0.4) is 0 Å². The predicted octanol–water partition coefficient (Wildman–Crippen LogP) is 1.11. The second kappa shape index (κ2) is 6.10. The minimum absolute atomic E-state index is 0.219. The number of hydrogen-bond acceptors (Lipinski definition) is 6. The Hall–Kier alpha value is -1.21. The predicted molar refractivity (Wildman–Crippen MR) is 69.5 cm³/mol. The van der Waals surface area contributed by atoms with E-state index < -0.39 is 0 Å². The zero-order chi connectivity index (χ0) is 13.0. The number of ether oxygens (including phenoxy) is 1. The highest BCUT2D eigenvalue weighted by Crippen LogP contribution is 2.18. The highest BCUT2D eigenvalue weighted by Gasteiger charge is 2.25. The molecule has 0 radical (unpaired) electrons. The molecule has 1 aromatic rings. The summed E-state index contributed by atoms with van der Waals surface area (Å²) in [6.45, 7) is 3.91. The van der Waals surface area contributed by atoms with Gasteiger partial charge in [0.2, 0.25) is 11.0 Å². The van der Waals surface area contributed by atoms with Crippen molar-refractivity contribution in [2.45, 2.75) is 32.4 Å². The fourth-order valence-corrected chi connectivity index (χ4v) is 2.65. The van der Waals surface area contributed by atoms with Crippen LogP contribution in [-0.4, -0.2) is 46.4 Å². The molecule has 6 nitrogen and oxygen atoms in total. The first-order valence-corrected chi connectivity index (χ1v) is 6.86. The lowest BCUT2D eigenvalue weighted by molar-refractivity contribution is -0.129. The molecular weight excluding hydrogens is 252 g/mol. The van der Waals surface area contributed by atoms with E-state index in [0.29, 0.717) is 18.9 Å². The van der Waals surface area contributed by atoms with Crippen molar-refractivity contribution in [2.75, 3.05) is 25.5 Å². The number of carbonyl (C=O) groups excluding carboxylic acids is 1. The van der Waals surface area contributed by atoms with Gasteiger partial charge in [-0.2, -0.15) is 4.37 Å². The maximum atomic E-state index is 11.6. The standard InChI is InChI=1S/C11H18N4O2S/c1-3-10(16)15-5-4-8(6-15)12-11-13-9(7-17-2)14-18-11/h8H,3-7H2,1-2H3,(H,12,13,14). The van der Waals surface area contributed by atoms with Gasteiger partial charge in [-0.15, -0.1) is 0 Å². The number of rotatable bonds is 5. The number of anilines is 1. The molecule has 1 aromatic heterocycles. The van der Waals surface area contributed by atoms with Crippen LogP contribution >= 0.6 is 11.5 Å². The van der Waals surface area contributed by atoms with Gasteiger partial charge in [0, 0.05) is 44.2 Å². The van der Waals surface area contributed by atoms with Gasteiger partial charge < -0.3 is 15.0 Å². The molecule has 1 aliphatic heterocycles. The van der Waals surface area contributed by atoms with Crippen LogP contribution in [0.25, 0.3) is 0 Å². The Morgan fingerprint density at radius 2 is 2.50 bits per heavy atom. The number of likely N-dealkylation sites (tertiary alicyclic amines) is 1. The quantitative estimate of drug-likeness (QED) is 0.868. The summed E-state index contributed by atoms with van der Waals surface area (Å²) < 4.78 is 9.16. The molecular formula is C11H18N4O2S. The fraction of sp³-hybridized carbons (Fsp3) is 0.727. The van der Waals surface area contributed by atoms with E-state index in [9.17, 15) is 4.79 Å². The van der Waals surface area contributed by atoms with Crippen molar-refractivity contribution in [3.63, 3.8) is 0 Å². The van der Waals surface area contributed by atoms with E-state index in [2.05, 4.69) is 14.7 Å². The molecule has 0 saturated carbocycles. The largest absolute Gasteiger partial charge is 0.377 e. The van der Waals surface area contributed by atoms with Gasteiger partial charge in [0.05, 0.1) is 0 Å². The third-order valence-corrected chi connectivity index (χ3v) is 3.60. The molecule has 0 bridgehead atoms. The normalized spacial score (nSPS) is 19.2. The van der Waals surface area contributed by atoms with E-state index >= 15 is 0 Å². The highest BCUT2D eigenvalue weighted by atomic mass is 32.1. The minimum atomic E-state index is 0.219. The number of methoxy groups -OCH3 is 1. The third-order valence-electron chi connectivity index (χ3n) is 2.91. The first-order chi connectivity index (χ1) is 8.72. The van der Waals surface area contributed by atoms with Gasteiger partial charge in [-0.25, -0.2) is 4.98 Å². The molecule has 2 heterocycles. The molecule has 0 spiro atoms. The van der Waals surface area contributed by atoms with Gasteiger partial charge in [0.1, 0.15) is 6.61 Å². The van der Waals surface area contributed by atoms with Crippen molar-refractivity contribution in [2.24, 2.45) is 0 Å². The SMILES string of the molecule is CCC(=O)N1CCC(Nc2nc(COC)ns2)C1. The summed E-state index contributed by atoms with van der Waals surface area (Å²) in [5.41, 5.74) is 0. The van der Waals surface area contributed by atoms with Crippen LogP contribution in [0.2, 0.25) is 0 Å². The van der Waals surface area contributed by atoms with Crippen molar-refractivity contribution in [3.8, 4) is 0 Å². The Morgan fingerprint density at radius 3 is 3.22 bits per heavy atom. The lowest BCUT2D eigenvalue weighted by atomic mass is 10.3. The summed E-state index contributed by atoms with van der Waals surface area (Å²) in [6.07, 6.45) is 1.54. The van der Waals surface area contributed by atoms with Gasteiger partial charge in [-0.05, 0) is 6.42 Å². The van der Waals surface area contributed by atoms with Crippen LogP contribution in [0, 0.1) is 0 Å². The lowest BCUT2D eigenvalue weighted by Gasteiger charge is -2.15. The lowest BCUT2D eigenvalue weighted by Crippen LogP contribution is -2.30. The van der Waals surface area contributed by atoms with Gasteiger partial charge in [-0.1, -0.05) is 6.92 Å². The van der Waals surface area contributed by atoms with E-state index in [0.717, 1.165) is 24.6 Å². The molecule has 0 aliphatic carbocycles. The molecule has 18 heavy (non-hydrogen) atoms. The Labute approximate surface area is 111 Å². The summed E-state index contributed by atoms with van der Waals surface area (Å²) in [7, 11) is 1.62. The maximum Gasteiger partial charge on any atom is 0.222 e. The molecule has 1 atom stereocenters. The molecule has 1 N–H and O–H groups in total. The van der Waals surface area contributed by atoms with E-state index in [1.54, 1.807) is 7.11 Å². The first-order valence-electron chi connectivity index (χ1n) is 6.08. The summed E-state index contributed by atoms with van der Waals surface area (Å²) in [5.74, 6) is 0.918. The van der Waals surface area contributed by atoms with Crippen molar-refractivity contribution in [3.05, 3.63) is 5.82 Å². The van der Waals surface area contributed by atoms with E-state index in [1.165, 1.54) is 11.5 Å². The van der Waals surface area contributed by atoms with Crippen LogP contribution in [0.5, 0.6) is 0 Å². The number of aromatic nitrogens is 2. The van der Waals surface area contributed by atoms with Crippen LogP contribution in [0.4, 0.5) is 5.13 Å². The van der Waals surface area contributed by atoms with Crippen molar-refractivity contribution < 1.29 is 9.53 Å². The number of hydrogen-bond donors (Lipinski definition) is 1. The van der Waals surface area contributed by atoms with E-state index in [4.69, 9.17) is 4.74 Å². The Kier molecular flexibility index (Phi) is 4.48. The third kappa shape index (κ3) is 3.17. The topological polar surface area (TPSA) is 67.4 Å². The summed E-state index contributed by atoms with van der Waals surface area (Å²) >= 11 is 1.34. The number of nitrogens with zero attached hydrogens (tertiary/aromatic N) is 3. The van der Waals surface area contributed by atoms with Gasteiger partial charge >= 0.3 is 0 Å². The second-order valence-corrected chi connectivity index (χ2v) is 5.02. The monoisotopic (exact) mass is 270 g/mol. The Bertz CT molecular complexity index is 410. The first kappa shape index (κ1) is 13.2. The van der Waals surface area contributed by atoms with E-state index in [1.807, 2.05) is 11.8 Å². The minimum Gasteiger partial charge on any atom is -0.377 e. The van der Waals surface area contributed by atoms with Gasteiger partial charge in [0.25, 0.3) is 0 Å². The zero-order valence-corrected chi connectivity index (χ0v) is 11.5. The molecule has 1 fully saturated rings. The summed E-state index contributed by atoms with van der Waals surface area (Å²) in [5, 5.41) is 4.13. The molecule has 2 rings (SSSR count). The molecule has 7 heteroatoms. The second-order valence-electron chi connectivity index (χ2n) is 4.27. The maximum absolute atomic E-state index is 11.6. The summed E-state index contributed by atoms with van der Waals surface area (Å²) in [4.78, 5) is 17.8. The van der Waals surface area contributed by atoms with Gasteiger partial charge in [0.15, 0.2) is 5.82 Å². The smallest absolute Gasteiger partial charge is 0.222 e. The molecule has 1 aliphatic rings. The Morgan fingerprint density at radius 1 is 1.67 bits per heavy atom. The van der Waals surface area contributed by atoms with Crippen LogP contribution in [0.1, 0.15) is 25.6 Å². The average Bonchev–Trinajstić information content (AvgIpc) is 2.99. The number of amides is 1. The van der Waals surface area contributed by atoms with Gasteiger partial charge in [-0.3, -0.25) is 4.79 Å². The molecule has 100 valence electrons. The fourth-order valence-electron chi connectivity index (χ4n) is 2.00. The van der Waals surface area contributed by atoms with Crippen LogP contribution in [-0.2, 0) is 16.1 Å². The zero-order valence-electron chi connectivity index (χ0n) is 10.7. The number of carbonyl (C=O) groups is 1. The van der Waals surface area contributed by atoms with Crippen LogP contribution in [0.15, 0.2) is 0 Å². The van der Waals surface area contributed by atoms with Crippen molar-refractivity contribution in [1.29, 1.82) is 0 Å². The molecule has 1 saturated heterocycles. The highest BCUT2D eigenvalue weighted by molar-refractivity contribution is 7.09. The van der Waals surface area contributed by atoms with Crippen molar-refractivity contribution >= 4 is 22.6 Å². The number of nitrogens with one attached hydrogen (secondary N) is 1. The molecule has 0 aromatic carbocycles. The van der Waals surface area contributed by atoms with Crippen molar-refractivity contribution in [1.82, 2.24) is 14.3 Å². The Balaban J connectivity index is 1.85. The van der Waals surface area contributed by atoms with Crippen LogP contribution < -0.4 is 5.32 Å². The molecule has 1 unspecified atom stereocenters.